The van der Waals surface area contributed by atoms with E-state index in [0.29, 0.717) is 13.0 Å². The third-order valence-corrected chi connectivity index (χ3v) is 3.68. The molecule has 0 fully saturated rings. The molecule has 0 bridgehead atoms. The van der Waals surface area contributed by atoms with Crippen LogP contribution < -0.4 is 10.1 Å². The van der Waals surface area contributed by atoms with Crippen molar-refractivity contribution in [2.45, 2.75) is 26.3 Å². The maximum absolute atomic E-state index is 12.0. The van der Waals surface area contributed by atoms with Gasteiger partial charge in [-0.1, -0.05) is 45.8 Å². The van der Waals surface area contributed by atoms with Gasteiger partial charge in [-0.3, -0.25) is 4.79 Å². The number of ether oxygens (including phenoxy) is 1. The standard InChI is InChI=1S/C18H20BrNO2/c1-13-6-8-17(9-7-13)22-12-14(2)20-18(21)11-15-4-3-5-16(19)10-15/h3-10,14H,11-12H2,1-2H3,(H,20,21)/t14-/m0/s1. The molecule has 0 saturated carbocycles. The fourth-order valence-electron chi connectivity index (χ4n) is 2.06. The van der Waals surface area contributed by atoms with Gasteiger partial charge in [0.1, 0.15) is 12.4 Å². The number of amides is 1. The van der Waals surface area contributed by atoms with E-state index in [2.05, 4.69) is 21.2 Å². The van der Waals surface area contributed by atoms with Crippen LogP contribution in [0.25, 0.3) is 0 Å². The van der Waals surface area contributed by atoms with Crippen molar-refractivity contribution >= 4 is 21.8 Å². The number of benzene rings is 2. The molecule has 3 nitrogen and oxygen atoms in total. The third-order valence-electron chi connectivity index (χ3n) is 3.18. The minimum atomic E-state index is -0.0408. The number of aryl methyl sites for hydroxylation is 1. The molecule has 1 atom stereocenters. The molecule has 116 valence electrons. The van der Waals surface area contributed by atoms with Crippen LogP contribution in [-0.2, 0) is 11.2 Å². The fraction of sp³-hybridized carbons (Fsp3) is 0.278. The van der Waals surface area contributed by atoms with Gasteiger partial charge in [0.05, 0.1) is 12.5 Å². The van der Waals surface area contributed by atoms with Gasteiger partial charge in [-0.05, 0) is 43.7 Å². The van der Waals surface area contributed by atoms with Gasteiger partial charge in [0, 0.05) is 4.47 Å². The van der Waals surface area contributed by atoms with Crippen molar-refractivity contribution in [1.29, 1.82) is 0 Å². The van der Waals surface area contributed by atoms with Gasteiger partial charge < -0.3 is 10.1 Å². The molecule has 2 aromatic rings. The molecule has 0 aromatic heterocycles. The van der Waals surface area contributed by atoms with Crippen LogP contribution in [0.15, 0.2) is 53.0 Å². The minimum absolute atomic E-state index is 0.00175. The predicted octanol–water partition coefficient (Wildman–Crippen LogP) is 3.88. The maximum atomic E-state index is 12.0. The largest absolute Gasteiger partial charge is 0.491 e. The van der Waals surface area contributed by atoms with Gasteiger partial charge in [-0.2, -0.15) is 0 Å². The summed E-state index contributed by atoms with van der Waals surface area (Å²) >= 11 is 3.41. The first-order chi connectivity index (χ1) is 10.5. The molecule has 1 N–H and O–H groups in total. The highest BCUT2D eigenvalue weighted by atomic mass is 79.9. The second-order valence-corrected chi connectivity index (χ2v) is 6.31. The quantitative estimate of drug-likeness (QED) is 0.847. The molecule has 22 heavy (non-hydrogen) atoms. The lowest BCUT2D eigenvalue weighted by molar-refractivity contribution is -0.121. The van der Waals surface area contributed by atoms with Gasteiger partial charge in [-0.15, -0.1) is 0 Å². The predicted molar refractivity (Wildman–Crippen MR) is 92.1 cm³/mol. The van der Waals surface area contributed by atoms with Crippen LogP contribution in [0.3, 0.4) is 0 Å². The summed E-state index contributed by atoms with van der Waals surface area (Å²) < 4.78 is 6.65. The molecule has 0 spiro atoms. The number of hydrogen-bond acceptors (Lipinski definition) is 2. The molecule has 0 aliphatic carbocycles. The smallest absolute Gasteiger partial charge is 0.224 e. The van der Waals surface area contributed by atoms with Crippen molar-refractivity contribution in [2.75, 3.05) is 6.61 Å². The Morgan fingerprint density at radius 3 is 2.64 bits per heavy atom. The van der Waals surface area contributed by atoms with Crippen LogP contribution >= 0.6 is 15.9 Å². The van der Waals surface area contributed by atoms with Crippen LogP contribution in [0, 0.1) is 6.92 Å². The lowest BCUT2D eigenvalue weighted by Gasteiger charge is -2.15. The highest BCUT2D eigenvalue weighted by Crippen LogP contribution is 2.13. The molecule has 4 heteroatoms. The highest BCUT2D eigenvalue weighted by Gasteiger charge is 2.09. The number of hydrogen-bond donors (Lipinski definition) is 1. The van der Waals surface area contributed by atoms with E-state index < -0.39 is 0 Å². The summed E-state index contributed by atoms with van der Waals surface area (Å²) in [7, 11) is 0. The molecule has 0 saturated heterocycles. The second kappa shape index (κ2) is 7.99. The third kappa shape index (κ3) is 5.53. The van der Waals surface area contributed by atoms with E-state index in [1.807, 2.05) is 62.4 Å². The summed E-state index contributed by atoms with van der Waals surface area (Å²) in [6.07, 6.45) is 0.369. The first-order valence-electron chi connectivity index (χ1n) is 7.26. The van der Waals surface area contributed by atoms with E-state index in [9.17, 15) is 4.79 Å². The molecule has 0 aliphatic rings. The first kappa shape index (κ1) is 16.6. The van der Waals surface area contributed by atoms with E-state index in [1.54, 1.807) is 0 Å². The van der Waals surface area contributed by atoms with E-state index in [0.717, 1.165) is 15.8 Å². The van der Waals surface area contributed by atoms with Crippen LogP contribution in [0.5, 0.6) is 5.75 Å². The van der Waals surface area contributed by atoms with E-state index >= 15 is 0 Å². The number of carbonyl (C=O) groups excluding carboxylic acids is 1. The Kier molecular flexibility index (Phi) is 6.01. The Morgan fingerprint density at radius 2 is 1.95 bits per heavy atom. The maximum Gasteiger partial charge on any atom is 0.224 e. The Hall–Kier alpha value is -1.81. The summed E-state index contributed by atoms with van der Waals surface area (Å²) in [6, 6.07) is 15.6. The monoisotopic (exact) mass is 361 g/mol. The summed E-state index contributed by atoms with van der Waals surface area (Å²) in [5.74, 6) is 0.816. The molecule has 0 radical (unpaired) electrons. The zero-order chi connectivity index (χ0) is 15.9. The Bertz CT molecular complexity index is 625. The average molecular weight is 362 g/mol. The molecule has 0 unspecified atom stereocenters. The highest BCUT2D eigenvalue weighted by molar-refractivity contribution is 9.10. The molecule has 0 heterocycles. The van der Waals surface area contributed by atoms with Crippen molar-refractivity contribution < 1.29 is 9.53 Å². The second-order valence-electron chi connectivity index (χ2n) is 5.40. The Morgan fingerprint density at radius 1 is 1.23 bits per heavy atom. The van der Waals surface area contributed by atoms with Crippen molar-refractivity contribution in [3.8, 4) is 5.75 Å². The van der Waals surface area contributed by atoms with Gasteiger partial charge in [0.25, 0.3) is 0 Å². The summed E-state index contributed by atoms with van der Waals surface area (Å²) in [5, 5.41) is 2.95. The molecule has 0 aliphatic heterocycles. The van der Waals surface area contributed by atoms with E-state index in [-0.39, 0.29) is 11.9 Å². The lowest BCUT2D eigenvalue weighted by Crippen LogP contribution is -2.37. The molecule has 1 amide bonds. The zero-order valence-corrected chi connectivity index (χ0v) is 14.4. The lowest BCUT2D eigenvalue weighted by atomic mass is 10.1. The van der Waals surface area contributed by atoms with Crippen LogP contribution in [-0.4, -0.2) is 18.6 Å². The van der Waals surface area contributed by atoms with Crippen molar-refractivity contribution in [3.05, 3.63) is 64.1 Å². The topological polar surface area (TPSA) is 38.3 Å². The van der Waals surface area contributed by atoms with Crippen molar-refractivity contribution in [3.63, 3.8) is 0 Å². The van der Waals surface area contributed by atoms with Gasteiger partial charge >= 0.3 is 0 Å². The summed E-state index contributed by atoms with van der Waals surface area (Å²) in [4.78, 5) is 12.0. The normalized spacial score (nSPS) is 11.8. The molecule has 2 aromatic carbocycles. The van der Waals surface area contributed by atoms with Crippen LogP contribution in [0.4, 0.5) is 0 Å². The minimum Gasteiger partial charge on any atom is -0.491 e. The first-order valence-corrected chi connectivity index (χ1v) is 8.05. The Labute approximate surface area is 139 Å². The van der Waals surface area contributed by atoms with Gasteiger partial charge in [-0.25, -0.2) is 0 Å². The number of rotatable bonds is 6. The van der Waals surface area contributed by atoms with Crippen LogP contribution in [0.2, 0.25) is 0 Å². The number of nitrogens with one attached hydrogen (secondary N) is 1. The van der Waals surface area contributed by atoms with Crippen molar-refractivity contribution in [1.82, 2.24) is 5.32 Å². The molecule has 2 rings (SSSR count). The van der Waals surface area contributed by atoms with Gasteiger partial charge in [0.15, 0.2) is 0 Å². The summed E-state index contributed by atoms with van der Waals surface area (Å²) in [5.41, 5.74) is 2.18. The van der Waals surface area contributed by atoms with E-state index in [4.69, 9.17) is 4.74 Å². The molecular formula is C18H20BrNO2. The average Bonchev–Trinajstić information content (AvgIpc) is 2.46. The van der Waals surface area contributed by atoms with Crippen LogP contribution in [0.1, 0.15) is 18.1 Å². The van der Waals surface area contributed by atoms with Gasteiger partial charge in [0.2, 0.25) is 5.91 Å². The van der Waals surface area contributed by atoms with Crippen molar-refractivity contribution in [2.24, 2.45) is 0 Å². The fourth-order valence-corrected chi connectivity index (χ4v) is 2.50. The Balaban J connectivity index is 1.77. The molecular weight excluding hydrogens is 342 g/mol. The number of halogens is 1. The number of carbonyl (C=O) groups is 1. The van der Waals surface area contributed by atoms with E-state index in [1.165, 1.54) is 5.56 Å². The zero-order valence-electron chi connectivity index (χ0n) is 12.8. The summed E-state index contributed by atoms with van der Waals surface area (Å²) in [6.45, 7) is 4.43. The SMILES string of the molecule is Cc1ccc(OC[C@H](C)NC(=O)Cc2cccc(Br)c2)cc1.